The van der Waals surface area contributed by atoms with Crippen molar-refractivity contribution in [2.45, 2.75) is 62.8 Å². The number of amides is 2. The Morgan fingerprint density at radius 2 is 1.92 bits per heavy atom. The van der Waals surface area contributed by atoms with Crippen molar-refractivity contribution in [2.75, 3.05) is 13.2 Å². The molecule has 2 saturated carbocycles. The lowest BCUT2D eigenvalue weighted by molar-refractivity contribution is -0.265. The zero-order chi connectivity index (χ0) is 34.7. The molecule has 49 heavy (non-hydrogen) atoms. The first kappa shape index (κ1) is 32.8. The number of carbonyl (C=O) groups excluding carboxylic acids is 2. The van der Waals surface area contributed by atoms with Crippen LogP contribution in [0.1, 0.15) is 65.8 Å². The fourth-order valence-corrected chi connectivity index (χ4v) is 6.66. The molecule has 1 aromatic carbocycles. The Bertz CT molecular complexity index is 2110. The minimum Gasteiger partial charge on any atom is -0.491 e. The van der Waals surface area contributed by atoms with Crippen molar-refractivity contribution < 1.29 is 41.7 Å². The quantitative estimate of drug-likeness (QED) is 0.141. The molecule has 0 saturated heterocycles. The highest BCUT2D eigenvalue weighted by Crippen LogP contribution is 2.45. The normalized spacial score (nSPS) is 16.1. The van der Waals surface area contributed by atoms with E-state index in [0.717, 1.165) is 48.8 Å². The summed E-state index contributed by atoms with van der Waals surface area (Å²) in [5, 5.41) is 20.1. The molecule has 15 heteroatoms. The average Bonchev–Trinajstić information content (AvgIpc) is 3.98. The number of nitrogens with two attached hydrogens (primary N) is 1. The predicted octanol–water partition coefficient (Wildman–Crippen LogP) is 5.78. The molecule has 4 heterocycles. The van der Waals surface area contributed by atoms with Gasteiger partial charge in [0.15, 0.2) is 0 Å². The Morgan fingerprint density at radius 1 is 1.14 bits per heavy atom. The number of benzene rings is 1. The second-order valence-corrected chi connectivity index (χ2v) is 13.2. The number of thiophene rings is 1. The molecule has 4 N–H and O–H groups in total. The zero-order valence-corrected chi connectivity index (χ0v) is 27.0. The molecule has 1 atom stereocenters. The number of fused-ring (bicyclic) bond motifs is 2. The fourth-order valence-electron chi connectivity index (χ4n) is 5.70. The van der Waals surface area contributed by atoms with Crippen molar-refractivity contribution in [2.24, 2.45) is 5.73 Å². The number of pyridine rings is 2. The lowest BCUT2D eigenvalue weighted by atomic mass is 9.93. The predicted molar refractivity (Wildman–Crippen MR) is 172 cm³/mol. The summed E-state index contributed by atoms with van der Waals surface area (Å²) < 4.78 is 73.0. The Hall–Kier alpha value is -4.76. The first-order chi connectivity index (χ1) is 23.4. The first-order valence-corrected chi connectivity index (χ1v) is 16.6. The van der Waals surface area contributed by atoms with Crippen molar-refractivity contribution in [1.29, 1.82) is 0 Å². The van der Waals surface area contributed by atoms with E-state index in [-0.39, 0.29) is 51.4 Å². The van der Waals surface area contributed by atoms with Crippen LogP contribution in [0.2, 0.25) is 0 Å². The first-order valence-electron chi connectivity index (χ1n) is 15.8. The van der Waals surface area contributed by atoms with Gasteiger partial charge in [0.05, 0.1) is 41.2 Å². The molecule has 0 radical (unpaired) electrons. The van der Waals surface area contributed by atoms with Crippen LogP contribution in [0.25, 0.3) is 26.9 Å². The molecular weight excluding hydrogens is 666 g/mol. The number of carbonyl (C=O) groups is 2. The number of hydrogen-bond acceptors (Lipinski definition) is 8. The largest absolute Gasteiger partial charge is 0.491 e. The van der Waals surface area contributed by atoms with Gasteiger partial charge in [-0.3, -0.25) is 9.59 Å². The lowest BCUT2D eigenvalue weighted by Crippen LogP contribution is -2.51. The highest BCUT2D eigenvalue weighted by Gasteiger charge is 2.57. The molecule has 10 nitrogen and oxygen atoms in total. The van der Waals surface area contributed by atoms with Gasteiger partial charge in [-0.25, -0.2) is 13.9 Å². The van der Waals surface area contributed by atoms with E-state index in [1.54, 1.807) is 17.5 Å². The van der Waals surface area contributed by atoms with Crippen molar-refractivity contribution >= 4 is 38.8 Å². The second-order valence-electron chi connectivity index (χ2n) is 12.3. The highest BCUT2D eigenvalue weighted by atomic mass is 32.1. The van der Waals surface area contributed by atoms with Gasteiger partial charge in [0, 0.05) is 39.4 Å². The van der Waals surface area contributed by atoms with Crippen LogP contribution in [0, 0.1) is 5.82 Å². The third kappa shape index (κ3) is 6.28. The average molecular weight is 698 g/mol. The number of halogens is 4. The number of rotatable bonds is 12. The van der Waals surface area contributed by atoms with Gasteiger partial charge >= 0.3 is 6.18 Å². The molecule has 5 aromatic rings. The summed E-state index contributed by atoms with van der Waals surface area (Å²) in [6.07, 6.45) is -2.30. The van der Waals surface area contributed by atoms with E-state index in [9.17, 15) is 32.3 Å². The van der Waals surface area contributed by atoms with Crippen LogP contribution in [-0.2, 0) is 16.8 Å². The van der Waals surface area contributed by atoms with Gasteiger partial charge in [-0.15, -0.1) is 11.3 Å². The number of nitrogens with one attached hydrogen (secondary N) is 1. The van der Waals surface area contributed by atoms with Crippen LogP contribution < -0.4 is 20.5 Å². The van der Waals surface area contributed by atoms with Crippen molar-refractivity contribution in [3.05, 3.63) is 76.2 Å². The van der Waals surface area contributed by atoms with E-state index in [0.29, 0.717) is 16.8 Å². The lowest BCUT2D eigenvalue weighted by Gasteiger charge is -2.31. The molecule has 0 bridgehead atoms. The molecule has 4 aromatic heterocycles. The van der Waals surface area contributed by atoms with Crippen LogP contribution in [0.3, 0.4) is 0 Å². The van der Waals surface area contributed by atoms with Crippen molar-refractivity contribution in [3.8, 4) is 22.9 Å². The summed E-state index contributed by atoms with van der Waals surface area (Å²) in [4.78, 5) is 29.8. The molecule has 2 fully saturated rings. The maximum atomic E-state index is 14.9. The Balaban J connectivity index is 1.28. The smallest absolute Gasteiger partial charge is 0.424 e. The van der Waals surface area contributed by atoms with Crippen LogP contribution in [0.4, 0.5) is 17.6 Å². The summed E-state index contributed by atoms with van der Waals surface area (Å²) in [5.41, 5.74) is 2.22. The number of hydrogen-bond donors (Lipinski definition) is 3. The number of primary amides is 1. The van der Waals surface area contributed by atoms with Crippen molar-refractivity contribution in [3.63, 3.8) is 0 Å². The number of nitrogens with zero attached hydrogens (tertiary/aromatic N) is 3. The minimum atomic E-state index is -5.36. The monoisotopic (exact) mass is 697 g/mol. The topological polar surface area (TPSA) is 141 Å². The molecule has 7 rings (SSSR count). The minimum absolute atomic E-state index is 0.0106. The summed E-state index contributed by atoms with van der Waals surface area (Å²) in [7, 11) is 0. The summed E-state index contributed by atoms with van der Waals surface area (Å²) in [6, 6.07) is 9.90. The van der Waals surface area contributed by atoms with E-state index in [1.165, 1.54) is 29.6 Å². The van der Waals surface area contributed by atoms with Gasteiger partial charge in [-0.05, 0) is 56.9 Å². The van der Waals surface area contributed by atoms with E-state index in [4.69, 9.17) is 15.2 Å². The molecule has 0 aliphatic heterocycles. The summed E-state index contributed by atoms with van der Waals surface area (Å²) in [5.74, 6) is -1.76. The summed E-state index contributed by atoms with van der Waals surface area (Å²) >= 11 is 1.01. The van der Waals surface area contributed by atoms with E-state index >= 15 is 0 Å². The van der Waals surface area contributed by atoms with Crippen molar-refractivity contribution in [1.82, 2.24) is 19.9 Å². The van der Waals surface area contributed by atoms with Crippen LogP contribution >= 0.6 is 11.3 Å². The molecule has 2 aliphatic rings. The van der Waals surface area contributed by atoms with E-state index < -0.39 is 48.1 Å². The second kappa shape index (κ2) is 12.3. The summed E-state index contributed by atoms with van der Waals surface area (Å²) in [6.45, 7) is 0.348. The number of aliphatic hydroxyl groups is 1. The number of alkyl halides is 3. The van der Waals surface area contributed by atoms with Gasteiger partial charge < -0.3 is 25.6 Å². The van der Waals surface area contributed by atoms with Crippen LogP contribution in [0.15, 0.2) is 47.8 Å². The zero-order valence-electron chi connectivity index (χ0n) is 26.1. The molecule has 0 unspecified atom stereocenters. The molecule has 0 spiro atoms. The van der Waals surface area contributed by atoms with E-state index in [1.807, 2.05) is 6.07 Å². The molecule has 256 valence electrons. The SMILES string of the molecule is CCOc1c(CC(N)=O)cc([C@@](O)(CNC(=O)c2cc(OC3CC3)n3nc(C4CC4)cc3c2)C(F)(F)F)nc1-c1csc2c(F)cccc12. The Labute approximate surface area is 280 Å². The molecule has 2 amide bonds. The third-order valence-electron chi connectivity index (χ3n) is 8.52. The number of ether oxygens (including phenoxy) is 2. The van der Waals surface area contributed by atoms with Gasteiger partial charge in [-0.2, -0.15) is 18.3 Å². The maximum Gasteiger partial charge on any atom is 0.424 e. The molecular formula is C34H31F4N5O5S. The maximum absolute atomic E-state index is 14.9. The van der Waals surface area contributed by atoms with Crippen LogP contribution in [0.5, 0.6) is 11.6 Å². The van der Waals surface area contributed by atoms with Gasteiger partial charge in [-0.1, -0.05) is 12.1 Å². The van der Waals surface area contributed by atoms with Crippen LogP contribution in [-0.4, -0.2) is 57.0 Å². The van der Waals surface area contributed by atoms with E-state index in [2.05, 4.69) is 15.4 Å². The standard InChI is InChI=1S/C34H31F4N5O5S/c1-2-47-30-18(12-27(39)44)11-26(41-29(30)23-15-49-31-22(23)4-3-5-24(31)35)33(46,34(36,37)38)16-40-32(45)19-10-20-14-25(17-6-7-17)42-43(20)28(13-19)48-21-8-9-21/h3-5,10-11,13-15,17,21,46H,2,6-9,12,16H2,1H3,(H2,39,44)(H,40,45)/t33-/m0/s1. The molecule has 2 aliphatic carbocycles. The van der Waals surface area contributed by atoms with Gasteiger partial charge in [0.1, 0.15) is 23.4 Å². The number of aromatic nitrogens is 3. The Morgan fingerprint density at radius 3 is 2.59 bits per heavy atom. The van der Waals surface area contributed by atoms with Gasteiger partial charge in [0.25, 0.3) is 5.91 Å². The third-order valence-corrected chi connectivity index (χ3v) is 9.53. The fraction of sp³-hybridized carbons (Fsp3) is 0.353. The van der Waals surface area contributed by atoms with Gasteiger partial charge in [0.2, 0.25) is 17.4 Å². The Kier molecular flexibility index (Phi) is 8.22. The highest BCUT2D eigenvalue weighted by molar-refractivity contribution is 7.17.